The summed E-state index contributed by atoms with van der Waals surface area (Å²) >= 11 is 1.42. The molecule has 0 atom stereocenters. The van der Waals surface area contributed by atoms with Crippen LogP contribution in [0.4, 0.5) is 0 Å². The molecule has 0 saturated carbocycles. The lowest BCUT2D eigenvalue weighted by Gasteiger charge is -2.30. The van der Waals surface area contributed by atoms with E-state index < -0.39 is 10.0 Å². The summed E-state index contributed by atoms with van der Waals surface area (Å²) < 4.78 is 29.7. The number of hydrogen-bond donors (Lipinski definition) is 1. The molecule has 27 heavy (non-hydrogen) atoms. The lowest BCUT2D eigenvalue weighted by molar-refractivity contribution is 0.0937. The van der Waals surface area contributed by atoms with Crippen LogP contribution >= 0.6 is 11.3 Å². The van der Waals surface area contributed by atoms with Crippen LogP contribution in [0.3, 0.4) is 0 Å². The third kappa shape index (κ3) is 5.06. The first-order chi connectivity index (χ1) is 12.9. The van der Waals surface area contributed by atoms with Crippen LogP contribution in [0.2, 0.25) is 0 Å². The highest BCUT2D eigenvalue weighted by molar-refractivity contribution is 7.88. The summed E-state index contributed by atoms with van der Waals surface area (Å²) in [6.07, 6.45) is 2.74. The summed E-state index contributed by atoms with van der Waals surface area (Å²) in [5, 5.41) is 5.46. The fourth-order valence-electron chi connectivity index (χ4n) is 3.02. The number of carbonyl (C=O) groups excluding carboxylic acids is 1. The minimum atomic E-state index is -3.12. The molecule has 1 saturated heterocycles. The molecule has 1 aliphatic heterocycles. The van der Waals surface area contributed by atoms with E-state index in [9.17, 15) is 13.2 Å². The van der Waals surface area contributed by atoms with Crippen LogP contribution in [0.15, 0.2) is 29.6 Å². The number of nitrogens with one attached hydrogen (secondary N) is 1. The first kappa shape index (κ1) is 19.8. The van der Waals surface area contributed by atoms with Crippen LogP contribution < -0.4 is 10.1 Å². The van der Waals surface area contributed by atoms with E-state index in [1.165, 1.54) is 21.9 Å². The van der Waals surface area contributed by atoms with E-state index in [0.29, 0.717) is 25.3 Å². The Hall–Kier alpha value is -1.97. The van der Waals surface area contributed by atoms with Gasteiger partial charge in [-0.3, -0.25) is 4.79 Å². The Kier molecular flexibility index (Phi) is 6.13. The summed E-state index contributed by atoms with van der Waals surface area (Å²) in [5.74, 6) is 0.860. The number of ether oxygens (including phenoxy) is 1. The fraction of sp³-hybridized carbons (Fsp3) is 0.444. The van der Waals surface area contributed by atoms with Crippen molar-refractivity contribution in [2.45, 2.75) is 12.8 Å². The Morgan fingerprint density at radius 3 is 2.56 bits per heavy atom. The molecule has 0 radical (unpaired) electrons. The number of methoxy groups -OCH3 is 1. The first-order valence-corrected chi connectivity index (χ1v) is 11.4. The minimum Gasteiger partial charge on any atom is -0.497 e. The minimum absolute atomic E-state index is 0.198. The van der Waals surface area contributed by atoms with Crippen molar-refractivity contribution in [2.24, 2.45) is 5.92 Å². The third-order valence-electron chi connectivity index (χ3n) is 4.67. The van der Waals surface area contributed by atoms with Gasteiger partial charge in [0, 0.05) is 30.6 Å². The third-order valence-corrected chi connectivity index (χ3v) is 6.86. The van der Waals surface area contributed by atoms with Crippen LogP contribution in [0, 0.1) is 5.92 Å². The molecular formula is C18H23N3O4S2. The average Bonchev–Trinajstić information content (AvgIpc) is 3.16. The number of aromatic nitrogens is 1. The molecule has 1 aliphatic rings. The predicted octanol–water partition coefficient (Wildman–Crippen LogP) is 2.22. The van der Waals surface area contributed by atoms with Gasteiger partial charge in [-0.25, -0.2) is 17.7 Å². The van der Waals surface area contributed by atoms with Crippen molar-refractivity contribution in [2.75, 3.05) is 33.0 Å². The van der Waals surface area contributed by atoms with Gasteiger partial charge in [-0.05, 0) is 43.0 Å². The zero-order valence-electron chi connectivity index (χ0n) is 15.3. The van der Waals surface area contributed by atoms with Crippen LogP contribution in [0.1, 0.15) is 23.3 Å². The molecule has 0 spiro atoms. The molecule has 2 aromatic rings. The topological polar surface area (TPSA) is 88.6 Å². The van der Waals surface area contributed by atoms with Crippen LogP contribution in [-0.4, -0.2) is 56.6 Å². The molecular weight excluding hydrogens is 386 g/mol. The van der Waals surface area contributed by atoms with E-state index >= 15 is 0 Å². The van der Waals surface area contributed by atoms with Gasteiger partial charge in [-0.2, -0.15) is 0 Å². The summed E-state index contributed by atoms with van der Waals surface area (Å²) in [6, 6.07) is 7.54. The van der Waals surface area contributed by atoms with Crippen molar-refractivity contribution in [1.82, 2.24) is 14.6 Å². The van der Waals surface area contributed by atoms with Crippen molar-refractivity contribution >= 4 is 27.3 Å². The van der Waals surface area contributed by atoms with Gasteiger partial charge in [0.15, 0.2) is 0 Å². The quantitative estimate of drug-likeness (QED) is 0.790. The number of amides is 1. The highest BCUT2D eigenvalue weighted by Crippen LogP contribution is 2.26. The molecule has 1 aromatic heterocycles. The molecule has 0 bridgehead atoms. The van der Waals surface area contributed by atoms with Gasteiger partial charge in [-0.15, -0.1) is 11.3 Å². The molecule has 1 fully saturated rings. The molecule has 2 heterocycles. The number of rotatable bonds is 6. The maximum atomic E-state index is 12.4. The molecule has 146 valence electrons. The maximum absolute atomic E-state index is 12.4. The SMILES string of the molecule is COc1ccc(-c2nc(C(=O)NCC3CCN(S(C)(=O)=O)CC3)cs2)cc1. The van der Waals surface area contributed by atoms with Crippen molar-refractivity contribution in [3.8, 4) is 16.3 Å². The number of piperidine rings is 1. The van der Waals surface area contributed by atoms with Crippen molar-refractivity contribution < 1.29 is 17.9 Å². The van der Waals surface area contributed by atoms with Gasteiger partial charge < -0.3 is 10.1 Å². The largest absolute Gasteiger partial charge is 0.497 e. The second kappa shape index (κ2) is 8.37. The smallest absolute Gasteiger partial charge is 0.270 e. The van der Waals surface area contributed by atoms with E-state index in [0.717, 1.165) is 29.2 Å². The van der Waals surface area contributed by atoms with E-state index in [2.05, 4.69) is 10.3 Å². The molecule has 9 heteroatoms. The fourth-order valence-corrected chi connectivity index (χ4v) is 4.70. The number of benzene rings is 1. The molecule has 1 N–H and O–H groups in total. The van der Waals surface area contributed by atoms with Gasteiger partial charge in [0.2, 0.25) is 10.0 Å². The van der Waals surface area contributed by atoms with Crippen molar-refractivity contribution in [3.63, 3.8) is 0 Å². The second-order valence-electron chi connectivity index (χ2n) is 6.58. The molecule has 0 aliphatic carbocycles. The summed E-state index contributed by atoms with van der Waals surface area (Å²) in [5.41, 5.74) is 1.34. The van der Waals surface area contributed by atoms with E-state index in [4.69, 9.17) is 4.74 Å². The highest BCUT2D eigenvalue weighted by Gasteiger charge is 2.25. The van der Waals surface area contributed by atoms with Gasteiger partial charge in [0.1, 0.15) is 16.5 Å². The molecule has 1 amide bonds. The zero-order chi connectivity index (χ0) is 19.4. The number of thiazole rings is 1. The maximum Gasteiger partial charge on any atom is 0.270 e. The first-order valence-electron chi connectivity index (χ1n) is 8.70. The van der Waals surface area contributed by atoms with E-state index in [1.807, 2.05) is 24.3 Å². The Morgan fingerprint density at radius 2 is 1.96 bits per heavy atom. The second-order valence-corrected chi connectivity index (χ2v) is 9.42. The molecule has 3 rings (SSSR count). The number of hydrogen-bond acceptors (Lipinski definition) is 6. The molecule has 0 unspecified atom stereocenters. The van der Waals surface area contributed by atoms with Crippen molar-refractivity contribution in [1.29, 1.82) is 0 Å². The molecule has 7 nitrogen and oxygen atoms in total. The number of sulfonamides is 1. The van der Waals surface area contributed by atoms with E-state index in [-0.39, 0.29) is 11.8 Å². The summed E-state index contributed by atoms with van der Waals surface area (Å²) in [7, 11) is -1.51. The molecule has 1 aromatic carbocycles. The highest BCUT2D eigenvalue weighted by atomic mass is 32.2. The standard InChI is InChI=1S/C18H23N3O4S2/c1-25-15-5-3-14(4-6-15)18-20-16(12-26-18)17(22)19-11-13-7-9-21(10-8-13)27(2,23)24/h3-6,12-13H,7-11H2,1-2H3,(H,19,22). The lowest BCUT2D eigenvalue weighted by atomic mass is 9.98. The summed E-state index contributed by atoms with van der Waals surface area (Å²) in [4.78, 5) is 16.8. The van der Waals surface area contributed by atoms with Gasteiger partial charge in [-0.1, -0.05) is 0 Å². The van der Waals surface area contributed by atoms with Crippen molar-refractivity contribution in [3.05, 3.63) is 35.3 Å². The number of carbonyl (C=O) groups is 1. The summed E-state index contributed by atoms with van der Waals surface area (Å²) in [6.45, 7) is 1.56. The number of nitrogens with zero attached hydrogens (tertiary/aromatic N) is 2. The monoisotopic (exact) mass is 409 g/mol. The van der Waals surface area contributed by atoms with Crippen LogP contribution in [0.25, 0.3) is 10.6 Å². The predicted molar refractivity (Wildman–Crippen MR) is 106 cm³/mol. The van der Waals surface area contributed by atoms with E-state index in [1.54, 1.807) is 12.5 Å². The Morgan fingerprint density at radius 1 is 1.30 bits per heavy atom. The van der Waals surface area contributed by atoms with Gasteiger partial charge >= 0.3 is 0 Å². The van der Waals surface area contributed by atoms with Crippen LogP contribution in [0.5, 0.6) is 5.75 Å². The average molecular weight is 410 g/mol. The Labute approximate surface area is 163 Å². The van der Waals surface area contributed by atoms with Gasteiger partial charge in [0.05, 0.1) is 13.4 Å². The van der Waals surface area contributed by atoms with Crippen LogP contribution in [-0.2, 0) is 10.0 Å². The lowest BCUT2D eigenvalue weighted by Crippen LogP contribution is -2.41. The normalized spacial score (nSPS) is 16.2. The zero-order valence-corrected chi connectivity index (χ0v) is 17.0. The Balaban J connectivity index is 1.52. The Bertz CT molecular complexity index is 886. The van der Waals surface area contributed by atoms with Gasteiger partial charge in [0.25, 0.3) is 5.91 Å².